The lowest BCUT2D eigenvalue weighted by atomic mass is 10.1. The van der Waals surface area contributed by atoms with Crippen LogP contribution < -0.4 is 14.8 Å². The minimum Gasteiger partial charge on any atom is -0.493 e. The molecular weight excluding hydrogens is 274 g/mol. The number of benzene rings is 2. The third kappa shape index (κ3) is 4.78. The lowest BCUT2D eigenvalue weighted by Crippen LogP contribution is -2.29. The molecule has 1 atom stereocenters. The van der Waals surface area contributed by atoms with Crippen molar-refractivity contribution in [3.63, 3.8) is 0 Å². The van der Waals surface area contributed by atoms with E-state index in [0.717, 1.165) is 30.9 Å². The first-order valence-electron chi connectivity index (χ1n) is 7.71. The third-order valence-corrected chi connectivity index (χ3v) is 3.74. The van der Waals surface area contributed by atoms with Crippen LogP contribution in [-0.2, 0) is 12.8 Å². The molecule has 3 nitrogen and oxygen atoms in total. The fourth-order valence-corrected chi connectivity index (χ4v) is 2.54. The zero-order valence-corrected chi connectivity index (χ0v) is 13.6. The summed E-state index contributed by atoms with van der Waals surface area (Å²) in [7, 11) is 3.33. The summed E-state index contributed by atoms with van der Waals surface area (Å²) in [5, 5.41) is 3.57. The molecule has 3 heteroatoms. The fourth-order valence-electron chi connectivity index (χ4n) is 2.54. The van der Waals surface area contributed by atoms with Crippen molar-refractivity contribution in [1.82, 2.24) is 5.32 Å². The van der Waals surface area contributed by atoms with Crippen LogP contribution in [0.25, 0.3) is 0 Å². The van der Waals surface area contributed by atoms with E-state index in [-0.39, 0.29) is 0 Å². The average Bonchev–Trinajstić information content (AvgIpc) is 2.55. The maximum atomic E-state index is 5.35. The number of ether oxygens (including phenoxy) is 2. The third-order valence-electron chi connectivity index (χ3n) is 3.74. The number of hydrogen-bond acceptors (Lipinski definition) is 3. The van der Waals surface area contributed by atoms with Crippen LogP contribution in [0.5, 0.6) is 11.5 Å². The second-order valence-corrected chi connectivity index (χ2v) is 5.48. The van der Waals surface area contributed by atoms with Crippen LogP contribution in [-0.4, -0.2) is 26.8 Å². The zero-order chi connectivity index (χ0) is 15.8. The van der Waals surface area contributed by atoms with Crippen LogP contribution in [0.3, 0.4) is 0 Å². The van der Waals surface area contributed by atoms with Crippen molar-refractivity contribution in [3.8, 4) is 11.5 Å². The minimum absolute atomic E-state index is 0.418. The molecule has 0 fully saturated rings. The van der Waals surface area contributed by atoms with E-state index in [2.05, 4.69) is 48.6 Å². The molecule has 22 heavy (non-hydrogen) atoms. The van der Waals surface area contributed by atoms with Gasteiger partial charge in [-0.1, -0.05) is 36.4 Å². The molecule has 0 aliphatic heterocycles. The van der Waals surface area contributed by atoms with Gasteiger partial charge in [0.15, 0.2) is 11.5 Å². The van der Waals surface area contributed by atoms with Gasteiger partial charge in [0.2, 0.25) is 0 Å². The van der Waals surface area contributed by atoms with Crippen LogP contribution >= 0.6 is 0 Å². The number of nitrogens with one attached hydrogen (secondary N) is 1. The SMILES string of the molecule is COc1ccc(C[C@@H](C)NCCc2ccccc2)cc1OC. The Balaban J connectivity index is 1.82. The quantitative estimate of drug-likeness (QED) is 0.809. The van der Waals surface area contributed by atoms with Crippen LogP contribution in [0.1, 0.15) is 18.1 Å². The first kappa shape index (κ1) is 16.4. The Labute approximate surface area is 133 Å². The number of rotatable bonds is 8. The van der Waals surface area contributed by atoms with Crippen molar-refractivity contribution in [2.24, 2.45) is 0 Å². The smallest absolute Gasteiger partial charge is 0.160 e. The molecule has 118 valence electrons. The van der Waals surface area contributed by atoms with E-state index < -0.39 is 0 Å². The molecular formula is C19H25NO2. The molecule has 2 rings (SSSR count). The summed E-state index contributed by atoms with van der Waals surface area (Å²) in [4.78, 5) is 0. The molecule has 1 N–H and O–H groups in total. The van der Waals surface area contributed by atoms with Crippen molar-refractivity contribution in [2.45, 2.75) is 25.8 Å². The van der Waals surface area contributed by atoms with Crippen molar-refractivity contribution in [1.29, 1.82) is 0 Å². The summed E-state index contributed by atoms with van der Waals surface area (Å²) in [6, 6.07) is 17.1. The first-order chi connectivity index (χ1) is 10.7. The standard InChI is InChI=1S/C19H25NO2/c1-15(20-12-11-16-7-5-4-6-8-16)13-17-9-10-18(21-2)19(14-17)22-3/h4-10,14-15,20H,11-13H2,1-3H3/t15-/m1/s1. The van der Waals surface area contributed by atoms with E-state index in [9.17, 15) is 0 Å². The van der Waals surface area contributed by atoms with Gasteiger partial charge in [-0.2, -0.15) is 0 Å². The number of methoxy groups -OCH3 is 2. The summed E-state index contributed by atoms with van der Waals surface area (Å²) in [5.41, 5.74) is 2.62. The van der Waals surface area contributed by atoms with Crippen molar-refractivity contribution in [3.05, 3.63) is 59.7 Å². The van der Waals surface area contributed by atoms with E-state index >= 15 is 0 Å². The van der Waals surface area contributed by atoms with Crippen molar-refractivity contribution >= 4 is 0 Å². The van der Waals surface area contributed by atoms with Gasteiger partial charge in [0.05, 0.1) is 14.2 Å². The van der Waals surface area contributed by atoms with E-state index in [4.69, 9.17) is 9.47 Å². The monoisotopic (exact) mass is 299 g/mol. The molecule has 2 aromatic carbocycles. The summed E-state index contributed by atoms with van der Waals surface area (Å²) >= 11 is 0. The molecule has 0 aromatic heterocycles. The van der Waals surface area contributed by atoms with Gasteiger partial charge < -0.3 is 14.8 Å². The molecule has 2 aromatic rings. The highest BCUT2D eigenvalue weighted by atomic mass is 16.5. The van der Waals surface area contributed by atoms with Crippen LogP contribution in [0.4, 0.5) is 0 Å². The molecule has 0 amide bonds. The normalized spacial score (nSPS) is 12.0. The summed E-state index contributed by atoms with van der Waals surface area (Å²) < 4.78 is 10.6. The van der Waals surface area contributed by atoms with E-state index in [1.165, 1.54) is 11.1 Å². The summed E-state index contributed by atoms with van der Waals surface area (Å²) in [6.07, 6.45) is 2.02. The largest absolute Gasteiger partial charge is 0.493 e. The molecule has 0 bridgehead atoms. The van der Waals surface area contributed by atoms with Gasteiger partial charge in [-0.25, -0.2) is 0 Å². The highest BCUT2D eigenvalue weighted by Gasteiger charge is 2.07. The van der Waals surface area contributed by atoms with Gasteiger partial charge in [0.25, 0.3) is 0 Å². The van der Waals surface area contributed by atoms with Gasteiger partial charge in [-0.15, -0.1) is 0 Å². The van der Waals surface area contributed by atoms with Crippen LogP contribution in [0, 0.1) is 0 Å². The zero-order valence-electron chi connectivity index (χ0n) is 13.6. The van der Waals surface area contributed by atoms with E-state index in [0.29, 0.717) is 6.04 Å². The Bertz CT molecular complexity index is 569. The Morgan fingerprint density at radius 1 is 0.909 bits per heavy atom. The molecule has 0 aliphatic carbocycles. The van der Waals surface area contributed by atoms with Crippen LogP contribution in [0.2, 0.25) is 0 Å². The highest BCUT2D eigenvalue weighted by molar-refractivity contribution is 5.43. The van der Waals surface area contributed by atoms with Gasteiger partial charge >= 0.3 is 0 Å². The second-order valence-electron chi connectivity index (χ2n) is 5.48. The molecule has 0 spiro atoms. The van der Waals surface area contributed by atoms with Crippen molar-refractivity contribution < 1.29 is 9.47 Å². The van der Waals surface area contributed by atoms with E-state index in [1.807, 2.05) is 12.1 Å². The Hall–Kier alpha value is -2.00. The number of hydrogen-bond donors (Lipinski definition) is 1. The molecule has 0 unspecified atom stereocenters. The Kier molecular flexibility index (Phi) is 6.28. The summed E-state index contributed by atoms with van der Waals surface area (Å²) in [6.45, 7) is 3.19. The molecule has 0 saturated heterocycles. The van der Waals surface area contributed by atoms with Crippen molar-refractivity contribution in [2.75, 3.05) is 20.8 Å². The molecule has 0 heterocycles. The topological polar surface area (TPSA) is 30.5 Å². The van der Waals surface area contributed by atoms with Gasteiger partial charge in [0, 0.05) is 6.04 Å². The van der Waals surface area contributed by atoms with Crippen LogP contribution in [0.15, 0.2) is 48.5 Å². The van der Waals surface area contributed by atoms with E-state index in [1.54, 1.807) is 14.2 Å². The fraction of sp³-hybridized carbons (Fsp3) is 0.368. The van der Waals surface area contributed by atoms with Gasteiger partial charge in [-0.05, 0) is 49.6 Å². The maximum Gasteiger partial charge on any atom is 0.160 e. The first-order valence-corrected chi connectivity index (χ1v) is 7.71. The maximum absolute atomic E-state index is 5.35. The predicted octanol–water partition coefficient (Wildman–Crippen LogP) is 3.47. The molecule has 0 saturated carbocycles. The Morgan fingerprint density at radius 3 is 2.32 bits per heavy atom. The predicted molar refractivity (Wildman–Crippen MR) is 90.9 cm³/mol. The van der Waals surface area contributed by atoms with Gasteiger partial charge in [-0.3, -0.25) is 0 Å². The second kappa shape index (κ2) is 8.44. The lowest BCUT2D eigenvalue weighted by Gasteiger charge is -2.15. The summed E-state index contributed by atoms with van der Waals surface area (Å²) in [5.74, 6) is 1.56. The highest BCUT2D eigenvalue weighted by Crippen LogP contribution is 2.27. The minimum atomic E-state index is 0.418. The molecule has 0 radical (unpaired) electrons. The lowest BCUT2D eigenvalue weighted by molar-refractivity contribution is 0.354. The van der Waals surface area contributed by atoms with Gasteiger partial charge in [0.1, 0.15) is 0 Å². The Morgan fingerprint density at radius 2 is 1.64 bits per heavy atom. The average molecular weight is 299 g/mol. The molecule has 0 aliphatic rings.